The van der Waals surface area contributed by atoms with Gasteiger partial charge in [0.15, 0.2) is 0 Å². The summed E-state index contributed by atoms with van der Waals surface area (Å²) in [7, 11) is 1.64. The maximum atomic E-state index is 11.6. The predicted octanol–water partition coefficient (Wildman–Crippen LogP) is -0.0290. The minimum atomic E-state index is -0.391. The second-order valence-electron chi connectivity index (χ2n) is 3.54. The quantitative estimate of drug-likeness (QED) is 0.656. The van der Waals surface area contributed by atoms with Crippen LogP contribution in [0.4, 0.5) is 0 Å². The maximum Gasteiger partial charge on any atom is 0.239 e. The first-order valence-electron chi connectivity index (χ1n) is 4.71. The van der Waals surface area contributed by atoms with E-state index in [-0.39, 0.29) is 5.91 Å². The monoisotopic (exact) mass is 186 g/mol. The molecule has 0 aromatic rings. The molecule has 0 bridgehead atoms. The molecular formula is C9H18N2O2. The van der Waals surface area contributed by atoms with Crippen LogP contribution in [0.15, 0.2) is 0 Å². The summed E-state index contributed by atoms with van der Waals surface area (Å²) in [5.74, 6) is 0.0413. The molecule has 0 aliphatic heterocycles. The number of nitrogens with two attached hydrogens (primary N) is 1. The number of hydrogen-bond acceptors (Lipinski definition) is 3. The van der Waals surface area contributed by atoms with Crippen LogP contribution in [0.2, 0.25) is 0 Å². The van der Waals surface area contributed by atoms with Crippen molar-refractivity contribution in [1.29, 1.82) is 0 Å². The van der Waals surface area contributed by atoms with Crippen molar-refractivity contribution in [1.82, 2.24) is 4.90 Å². The number of carbonyl (C=O) groups is 1. The van der Waals surface area contributed by atoms with Crippen molar-refractivity contribution in [3.63, 3.8) is 0 Å². The highest BCUT2D eigenvalue weighted by Gasteiger charge is 2.33. The van der Waals surface area contributed by atoms with E-state index in [2.05, 4.69) is 0 Å². The van der Waals surface area contributed by atoms with E-state index >= 15 is 0 Å². The Bertz CT molecular complexity index is 178. The van der Waals surface area contributed by atoms with Crippen molar-refractivity contribution >= 4 is 5.91 Å². The van der Waals surface area contributed by atoms with Crippen molar-refractivity contribution in [2.45, 2.75) is 31.8 Å². The Hall–Kier alpha value is -0.610. The first-order valence-corrected chi connectivity index (χ1v) is 4.71. The van der Waals surface area contributed by atoms with E-state index in [9.17, 15) is 4.79 Å². The number of rotatable bonds is 5. The highest BCUT2D eigenvalue weighted by Crippen LogP contribution is 2.26. The van der Waals surface area contributed by atoms with Crippen molar-refractivity contribution in [3.8, 4) is 0 Å². The molecule has 1 fully saturated rings. The van der Waals surface area contributed by atoms with Gasteiger partial charge in [0.2, 0.25) is 5.91 Å². The molecule has 0 radical (unpaired) electrons. The number of methoxy groups -OCH3 is 1. The number of nitrogens with zero attached hydrogens (tertiary/aromatic N) is 1. The molecule has 0 heterocycles. The minimum absolute atomic E-state index is 0.0413. The second-order valence-corrected chi connectivity index (χ2v) is 3.54. The molecule has 4 nitrogen and oxygen atoms in total. The summed E-state index contributed by atoms with van der Waals surface area (Å²) in [4.78, 5) is 13.4. The Morgan fingerprint density at radius 3 is 2.69 bits per heavy atom. The first-order chi connectivity index (χ1) is 6.16. The van der Waals surface area contributed by atoms with Crippen LogP contribution in [0.25, 0.3) is 0 Å². The van der Waals surface area contributed by atoms with Gasteiger partial charge in [0.25, 0.3) is 0 Å². The molecule has 1 rings (SSSR count). The van der Waals surface area contributed by atoms with E-state index in [1.807, 2.05) is 4.90 Å². The molecule has 1 atom stereocenters. The summed E-state index contributed by atoms with van der Waals surface area (Å²) in [6.45, 7) is 2.99. The zero-order chi connectivity index (χ0) is 9.84. The predicted molar refractivity (Wildman–Crippen MR) is 50.3 cm³/mol. The summed E-state index contributed by atoms with van der Waals surface area (Å²) in [5, 5.41) is 0. The van der Waals surface area contributed by atoms with Crippen LogP contribution in [-0.4, -0.2) is 43.2 Å². The third kappa shape index (κ3) is 2.97. The fourth-order valence-corrected chi connectivity index (χ4v) is 1.31. The molecule has 1 aliphatic carbocycles. The van der Waals surface area contributed by atoms with Crippen LogP contribution < -0.4 is 5.73 Å². The Kier molecular flexibility index (Phi) is 3.69. The van der Waals surface area contributed by atoms with Gasteiger partial charge in [-0.1, -0.05) is 0 Å². The SMILES string of the molecule is COCCN(C(=O)[C@@H](C)N)C1CC1. The largest absolute Gasteiger partial charge is 0.383 e. The van der Waals surface area contributed by atoms with Crippen molar-refractivity contribution in [3.05, 3.63) is 0 Å². The van der Waals surface area contributed by atoms with Gasteiger partial charge >= 0.3 is 0 Å². The lowest BCUT2D eigenvalue weighted by molar-refractivity contribution is -0.133. The molecule has 1 saturated carbocycles. The lowest BCUT2D eigenvalue weighted by Crippen LogP contribution is -2.44. The van der Waals surface area contributed by atoms with Gasteiger partial charge in [-0.3, -0.25) is 4.79 Å². The first kappa shape index (κ1) is 10.5. The average molecular weight is 186 g/mol. The lowest BCUT2D eigenvalue weighted by atomic mass is 10.3. The zero-order valence-corrected chi connectivity index (χ0v) is 8.32. The van der Waals surface area contributed by atoms with Crippen LogP contribution in [0.3, 0.4) is 0 Å². The summed E-state index contributed by atoms with van der Waals surface area (Å²) < 4.78 is 4.95. The molecule has 13 heavy (non-hydrogen) atoms. The molecule has 0 unspecified atom stereocenters. The van der Waals surface area contributed by atoms with E-state index in [0.717, 1.165) is 12.8 Å². The van der Waals surface area contributed by atoms with Crippen LogP contribution in [0, 0.1) is 0 Å². The summed E-state index contributed by atoms with van der Waals surface area (Å²) in [5.41, 5.74) is 5.54. The average Bonchev–Trinajstić information content (AvgIpc) is 2.88. The Morgan fingerprint density at radius 2 is 2.31 bits per heavy atom. The lowest BCUT2D eigenvalue weighted by Gasteiger charge is -2.23. The van der Waals surface area contributed by atoms with E-state index < -0.39 is 6.04 Å². The van der Waals surface area contributed by atoms with Crippen LogP contribution in [-0.2, 0) is 9.53 Å². The van der Waals surface area contributed by atoms with Gasteiger partial charge in [-0.15, -0.1) is 0 Å². The maximum absolute atomic E-state index is 11.6. The normalized spacial score (nSPS) is 18.4. The second kappa shape index (κ2) is 4.58. The van der Waals surface area contributed by atoms with Crippen LogP contribution >= 0.6 is 0 Å². The third-order valence-electron chi connectivity index (χ3n) is 2.20. The molecule has 0 spiro atoms. The van der Waals surface area contributed by atoms with Gasteiger partial charge in [0, 0.05) is 19.7 Å². The van der Waals surface area contributed by atoms with Gasteiger partial charge in [0.1, 0.15) is 0 Å². The Morgan fingerprint density at radius 1 is 1.69 bits per heavy atom. The van der Waals surface area contributed by atoms with Gasteiger partial charge in [0.05, 0.1) is 12.6 Å². The minimum Gasteiger partial charge on any atom is -0.383 e. The summed E-state index contributed by atoms with van der Waals surface area (Å²) >= 11 is 0. The zero-order valence-electron chi connectivity index (χ0n) is 8.32. The molecule has 1 aliphatic rings. The van der Waals surface area contributed by atoms with Gasteiger partial charge in [-0.25, -0.2) is 0 Å². The molecular weight excluding hydrogens is 168 g/mol. The summed E-state index contributed by atoms with van der Waals surface area (Å²) in [6, 6.07) is 0.0334. The van der Waals surface area contributed by atoms with Crippen molar-refractivity contribution in [2.75, 3.05) is 20.3 Å². The Labute approximate surface area is 79.0 Å². The van der Waals surface area contributed by atoms with Crippen molar-refractivity contribution in [2.24, 2.45) is 5.73 Å². The summed E-state index contributed by atoms with van der Waals surface area (Å²) in [6.07, 6.45) is 2.23. The molecule has 0 aromatic heterocycles. The molecule has 0 saturated heterocycles. The highest BCUT2D eigenvalue weighted by molar-refractivity contribution is 5.81. The number of carbonyl (C=O) groups excluding carboxylic acids is 1. The van der Waals surface area contributed by atoms with E-state index in [1.54, 1.807) is 14.0 Å². The van der Waals surface area contributed by atoms with Crippen LogP contribution in [0.1, 0.15) is 19.8 Å². The molecule has 76 valence electrons. The van der Waals surface area contributed by atoms with Gasteiger partial charge < -0.3 is 15.4 Å². The number of ether oxygens (including phenoxy) is 1. The topological polar surface area (TPSA) is 55.6 Å². The molecule has 2 N–H and O–H groups in total. The van der Waals surface area contributed by atoms with Crippen molar-refractivity contribution < 1.29 is 9.53 Å². The number of amides is 1. The third-order valence-corrected chi connectivity index (χ3v) is 2.20. The van der Waals surface area contributed by atoms with Gasteiger partial charge in [-0.05, 0) is 19.8 Å². The fraction of sp³-hybridized carbons (Fsp3) is 0.889. The fourth-order valence-electron chi connectivity index (χ4n) is 1.31. The molecule has 1 amide bonds. The Balaban J connectivity index is 2.41. The number of hydrogen-bond donors (Lipinski definition) is 1. The van der Waals surface area contributed by atoms with E-state index in [0.29, 0.717) is 19.2 Å². The molecule has 4 heteroatoms. The smallest absolute Gasteiger partial charge is 0.239 e. The molecule has 0 aromatic carbocycles. The standard InChI is InChI=1S/C9H18N2O2/c1-7(10)9(12)11(5-6-13-2)8-3-4-8/h7-8H,3-6,10H2,1-2H3/t7-/m1/s1. The van der Waals surface area contributed by atoms with E-state index in [1.165, 1.54) is 0 Å². The van der Waals surface area contributed by atoms with Gasteiger partial charge in [-0.2, -0.15) is 0 Å². The van der Waals surface area contributed by atoms with E-state index in [4.69, 9.17) is 10.5 Å². The van der Waals surface area contributed by atoms with Crippen LogP contribution in [0.5, 0.6) is 0 Å². The highest BCUT2D eigenvalue weighted by atomic mass is 16.5.